The Morgan fingerprint density at radius 2 is 1.60 bits per heavy atom. The summed E-state index contributed by atoms with van der Waals surface area (Å²) in [5.74, 6) is 0. The third kappa shape index (κ3) is 8.12. The van der Waals surface area contributed by atoms with Crippen LogP contribution < -0.4 is 5.32 Å². The molecule has 0 saturated heterocycles. The normalized spacial score (nSPS) is 9.90. The van der Waals surface area contributed by atoms with E-state index in [1.807, 2.05) is 32.0 Å². The maximum atomic E-state index is 9.93. The Kier molecular flexibility index (Phi) is 12.6. The average Bonchev–Trinajstić information content (AvgIpc) is 2.43. The molecular formula is C17H27NOU. The molecule has 1 amide bonds. The quantitative estimate of drug-likeness (QED) is 0.457. The molecule has 0 aliphatic rings. The fraction of sp³-hybridized carbons (Fsp3) is 0.529. The Morgan fingerprint density at radius 1 is 1.10 bits per heavy atom. The van der Waals surface area contributed by atoms with E-state index in [-0.39, 0.29) is 31.1 Å². The molecule has 1 N–H and O–H groups in total. The summed E-state index contributed by atoms with van der Waals surface area (Å²) in [4.78, 5) is 9.93. The van der Waals surface area contributed by atoms with E-state index in [9.17, 15) is 4.79 Å². The first-order valence-corrected chi connectivity index (χ1v) is 6.98. The molecule has 1 aromatic rings. The molecule has 0 aliphatic carbocycles. The van der Waals surface area contributed by atoms with Gasteiger partial charge in [-0.1, -0.05) is 57.2 Å². The maximum absolute atomic E-state index is 9.93. The van der Waals surface area contributed by atoms with Crippen LogP contribution in [0.15, 0.2) is 18.2 Å². The van der Waals surface area contributed by atoms with Crippen molar-refractivity contribution in [3.63, 3.8) is 0 Å². The van der Waals surface area contributed by atoms with Gasteiger partial charge in [-0.15, -0.1) is 17.8 Å². The van der Waals surface area contributed by atoms with Gasteiger partial charge in [-0.3, -0.25) is 0 Å². The van der Waals surface area contributed by atoms with Crippen molar-refractivity contribution in [1.82, 2.24) is 0 Å². The molecule has 110 valence electrons. The van der Waals surface area contributed by atoms with E-state index in [2.05, 4.69) is 33.0 Å². The standard InChI is InChI=1S/C9H10NO.C8H17.U/c1-7-3-4-9(10-6-11)5-8(7)2;1-5-8(4,6-2)7-3;/h3-5H,1-2H3,(H,10,11);4-7H2,1-3H3;/q2*-1;+2. The zero-order valence-corrected chi connectivity index (χ0v) is 17.6. The van der Waals surface area contributed by atoms with Crippen LogP contribution in [0.2, 0.25) is 0 Å². The van der Waals surface area contributed by atoms with E-state index in [4.69, 9.17) is 0 Å². The van der Waals surface area contributed by atoms with Crippen molar-refractivity contribution in [2.45, 2.75) is 53.9 Å². The SMILES string of the molecule is Cc1ccc(N[C-]=O)cc1C.[CH2-]C(CC)(CC)CC.[U+2]. The third-order valence-corrected chi connectivity index (χ3v) is 3.95. The summed E-state index contributed by atoms with van der Waals surface area (Å²) >= 11 is 0. The first-order chi connectivity index (χ1) is 8.92. The van der Waals surface area contributed by atoms with Gasteiger partial charge in [0.15, 0.2) is 0 Å². The van der Waals surface area contributed by atoms with Crippen molar-refractivity contribution in [3.05, 3.63) is 36.2 Å². The van der Waals surface area contributed by atoms with E-state index in [1.165, 1.54) is 30.4 Å². The molecule has 0 radical (unpaired) electrons. The number of benzene rings is 1. The Hall–Kier alpha value is -0.258. The molecule has 0 unspecified atom stereocenters. The monoisotopic (exact) mass is 499 g/mol. The van der Waals surface area contributed by atoms with Crippen molar-refractivity contribution in [1.29, 1.82) is 0 Å². The van der Waals surface area contributed by atoms with Gasteiger partial charge >= 0.3 is 31.1 Å². The minimum Gasteiger partial charge on any atom is -0.490 e. The molecule has 3 heteroatoms. The molecule has 20 heavy (non-hydrogen) atoms. The molecule has 0 saturated carbocycles. The van der Waals surface area contributed by atoms with Gasteiger partial charge in [0.1, 0.15) is 0 Å². The Balaban J connectivity index is 0. The first-order valence-electron chi connectivity index (χ1n) is 6.98. The minimum atomic E-state index is 0. The summed E-state index contributed by atoms with van der Waals surface area (Å²) in [7, 11) is 0. The van der Waals surface area contributed by atoms with Crippen LogP contribution in [0.5, 0.6) is 0 Å². The van der Waals surface area contributed by atoms with E-state index in [1.54, 1.807) is 6.41 Å². The van der Waals surface area contributed by atoms with Gasteiger partial charge in [-0.05, 0) is 13.8 Å². The number of rotatable bonds is 5. The predicted molar refractivity (Wildman–Crippen MR) is 83.9 cm³/mol. The number of carbonyl (C=O) groups excluding carboxylic acids is 1. The number of aryl methyl sites for hydroxylation is 2. The molecule has 1 rings (SSSR count). The number of amides is 1. The van der Waals surface area contributed by atoms with Gasteiger partial charge in [0, 0.05) is 0 Å². The van der Waals surface area contributed by atoms with Crippen molar-refractivity contribution in [2.75, 3.05) is 5.32 Å². The molecule has 0 heterocycles. The predicted octanol–water partition coefficient (Wildman–Crippen LogP) is 4.82. The van der Waals surface area contributed by atoms with Crippen LogP contribution in [0.1, 0.15) is 51.2 Å². The maximum Gasteiger partial charge on any atom is 2.00 e. The van der Waals surface area contributed by atoms with Gasteiger partial charge in [0.25, 0.3) is 0 Å². The third-order valence-electron chi connectivity index (χ3n) is 3.95. The molecule has 0 spiro atoms. The van der Waals surface area contributed by atoms with E-state index < -0.39 is 0 Å². The molecular weight excluding hydrogens is 472 g/mol. The number of nitrogens with one attached hydrogen (secondary N) is 1. The van der Waals surface area contributed by atoms with Gasteiger partial charge in [-0.25, -0.2) is 0 Å². The Labute approximate surface area is 148 Å². The zero-order chi connectivity index (χ0) is 14.9. The number of hydrogen-bond donors (Lipinski definition) is 1. The van der Waals surface area contributed by atoms with Gasteiger partial charge < -0.3 is 17.0 Å². The van der Waals surface area contributed by atoms with E-state index in [0.29, 0.717) is 5.41 Å². The fourth-order valence-corrected chi connectivity index (χ4v) is 1.63. The smallest absolute Gasteiger partial charge is 0.490 e. The molecule has 0 aliphatic heterocycles. The Bertz CT molecular complexity index is 378. The molecule has 2 nitrogen and oxygen atoms in total. The molecule has 0 atom stereocenters. The largest absolute Gasteiger partial charge is 2.00 e. The van der Waals surface area contributed by atoms with E-state index >= 15 is 0 Å². The minimum absolute atomic E-state index is 0. The number of anilines is 1. The van der Waals surface area contributed by atoms with Gasteiger partial charge in [-0.2, -0.15) is 5.41 Å². The van der Waals surface area contributed by atoms with Crippen LogP contribution in [0.3, 0.4) is 0 Å². The summed E-state index contributed by atoms with van der Waals surface area (Å²) < 4.78 is 0. The molecule has 0 bridgehead atoms. The van der Waals surface area contributed by atoms with Crippen molar-refractivity contribution >= 4 is 12.1 Å². The van der Waals surface area contributed by atoms with Crippen LogP contribution in [0.4, 0.5) is 5.69 Å². The summed E-state index contributed by atoms with van der Waals surface area (Å²) in [6.45, 7) is 14.8. The summed E-state index contributed by atoms with van der Waals surface area (Å²) in [5.41, 5.74) is 3.56. The summed E-state index contributed by atoms with van der Waals surface area (Å²) in [6, 6.07) is 5.74. The topological polar surface area (TPSA) is 29.1 Å². The fourth-order valence-electron chi connectivity index (χ4n) is 1.63. The molecule has 1 aromatic carbocycles. The van der Waals surface area contributed by atoms with Crippen LogP contribution in [0, 0.1) is 57.3 Å². The van der Waals surface area contributed by atoms with Gasteiger partial charge in [0.2, 0.25) is 0 Å². The summed E-state index contributed by atoms with van der Waals surface area (Å²) in [5, 5.41) is 2.47. The van der Waals surface area contributed by atoms with Crippen LogP contribution in [0.25, 0.3) is 0 Å². The molecule has 0 aromatic heterocycles. The van der Waals surface area contributed by atoms with Crippen molar-refractivity contribution in [3.8, 4) is 0 Å². The second-order valence-corrected chi connectivity index (χ2v) is 5.09. The molecule has 0 fully saturated rings. The second kappa shape index (κ2) is 11.4. The zero-order valence-electron chi connectivity index (χ0n) is 13.5. The average molecular weight is 499 g/mol. The van der Waals surface area contributed by atoms with Crippen LogP contribution >= 0.6 is 0 Å². The first kappa shape index (κ1) is 22.0. The number of hydrogen-bond acceptors (Lipinski definition) is 1. The van der Waals surface area contributed by atoms with Crippen LogP contribution in [-0.2, 0) is 4.79 Å². The van der Waals surface area contributed by atoms with Crippen molar-refractivity contribution < 1.29 is 35.9 Å². The van der Waals surface area contributed by atoms with E-state index in [0.717, 1.165) is 5.69 Å². The van der Waals surface area contributed by atoms with Crippen molar-refractivity contribution in [2.24, 2.45) is 5.41 Å². The Morgan fingerprint density at radius 3 is 1.90 bits per heavy atom. The second-order valence-electron chi connectivity index (χ2n) is 5.09. The van der Waals surface area contributed by atoms with Crippen LogP contribution in [-0.4, -0.2) is 6.41 Å². The van der Waals surface area contributed by atoms with Gasteiger partial charge in [0.05, 0.1) is 6.41 Å². The summed E-state index contributed by atoms with van der Waals surface area (Å²) in [6.07, 6.45) is 5.26.